The maximum Gasteiger partial charge on any atom is 0.0963 e. The smallest absolute Gasteiger partial charge is 0.0963 e. The highest BCUT2D eigenvalue weighted by molar-refractivity contribution is 7.58. The molecule has 2 rings (SSSR count). The van der Waals surface area contributed by atoms with Crippen molar-refractivity contribution in [3.63, 3.8) is 0 Å². The van der Waals surface area contributed by atoms with E-state index in [2.05, 4.69) is 13.8 Å². The largest absolute Gasteiger partial charge is 0.366 e. The molecule has 0 bridgehead atoms. The van der Waals surface area contributed by atoms with Gasteiger partial charge in [-0.25, -0.2) is 0 Å². The highest BCUT2D eigenvalue weighted by Crippen LogP contribution is 2.59. The van der Waals surface area contributed by atoms with Gasteiger partial charge in [0.15, 0.2) is 0 Å². The molecule has 0 saturated carbocycles. The summed E-state index contributed by atoms with van der Waals surface area (Å²) in [6, 6.07) is 0. The van der Waals surface area contributed by atoms with Gasteiger partial charge in [-0.2, -0.15) is 0 Å². The number of hydrogen-bond donors (Lipinski definition) is 0. The minimum atomic E-state index is 0.362. The molecule has 0 radical (unpaired) electrons. The van der Waals surface area contributed by atoms with Gasteiger partial charge >= 0.3 is 0 Å². The van der Waals surface area contributed by atoms with Gasteiger partial charge in [-0.15, -0.1) is 7.92 Å². The zero-order chi connectivity index (χ0) is 7.19. The van der Waals surface area contributed by atoms with E-state index in [4.69, 9.17) is 4.74 Å². The quantitative estimate of drug-likeness (QED) is 0.442. The summed E-state index contributed by atoms with van der Waals surface area (Å²) in [6.07, 6.45) is 6.31. The first kappa shape index (κ1) is 7.06. The molecule has 0 aromatic rings. The van der Waals surface area contributed by atoms with Crippen LogP contribution in [0.2, 0.25) is 0 Å². The Labute approximate surface area is 63.9 Å². The molecule has 2 heterocycles. The fourth-order valence-electron chi connectivity index (χ4n) is 1.89. The van der Waals surface area contributed by atoms with E-state index in [1.807, 2.05) is 0 Å². The second-order valence-electron chi connectivity index (χ2n) is 3.65. The Morgan fingerprint density at radius 1 is 1.70 bits per heavy atom. The molecular weight excluding hydrogens is 143 g/mol. The molecule has 0 aromatic carbocycles. The summed E-state index contributed by atoms with van der Waals surface area (Å²) in [7, 11) is 0.392. The third-order valence-corrected chi connectivity index (χ3v) is 5.54. The van der Waals surface area contributed by atoms with E-state index < -0.39 is 0 Å². The summed E-state index contributed by atoms with van der Waals surface area (Å²) in [4.78, 5) is 0. The summed E-state index contributed by atoms with van der Waals surface area (Å²) in [5, 5.41) is 0. The van der Waals surface area contributed by atoms with Crippen molar-refractivity contribution >= 4 is 7.92 Å². The Bertz CT molecular complexity index is 148. The predicted molar refractivity (Wildman–Crippen MR) is 45.1 cm³/mol. The van der Waals surface area contributed by atoms with Crippen molar-refractivity contribution in [2.24, 2.45) is 0 Å². The van der Waals surface area contributed by atoms with Crippen LogP contribution in [0, 0.1) is 0 Å². The first-order valence-corrected chi connectivity index (χ1v) is 6.04. The number of epoxide rings is 1. The lowest BCUT2D eigenvalue weighted by atomic mass is 10.2. The first-order valence-electron chi connectivity index (χ1n) is 4.15. The van der Waals surface area contributed by atoms with Crippen LogP contribution in [0.1, 0.15) is 20.3 Å². The van der Waals surface area contributed by atoms with Crippen LogP contribution in [0.4, 0.5) is 0 Å². The lowest BCUT2D eigenvalue weighted by Gasteiger charge is -2.11. The molecule has 0 aliphatic carbocycles. The van der Waals surface area contributed by atoms with Crippen LogP contribution in [0.3, 0.4) is 0 Å². The summed E-state index contributed by atoms with van der Waals surface area (Å²) >= 11 is 0. The molecule has 0 amide bonds. The maximum atomic E-state index is 5.53. The van der Waals surface area contributed by atoms with Crippen LogP contribution in [0.15, 0.2) is 0 Å². The number of ether oxygens (including phenoxy) is 1. The number of hydrogen-bond acceptors (Lipinski definition) is 1. The summed E-state index contributed by atoms with van der Waals surface area (Å²) in [5.41, 5.74) is 0.362. The van der Waals surface area contributed by atoms with Gasteiger partial charge in [-0.3, -0.25) is 0 Å². The van der Waals surface area contributed by atoms with Crippen molar-refractivity contribution in [2.75, 3.05) is 18.5 Å². The fourth-order valence-corrected chi connectivity index (χ4v) is 5.09. The summed E-state index contributed by atoms with van der Waals surface area (Å²) in [6.45, 7) is 4.56. The molecular formula is C8H15OP. The molecule has 0 N–H and O–H groups in total. The van der Waals surface area contributed by atoms with Gasteiger partial charge in [0.2, 0.25) is 0 Å². The molecule has 0 aromatic heterocycles. The molecule has 3 atom stereocenters. The SMILES string of the molecule is CCCP1C[C@H]2O[C@]2(C)C1. The molecule has 1 nitrogen and oxygen atoms in total. The van der Waals surface area contributed by atoms with Crippen LogP contribution in [0.25, 0.3) is 0 Å². The molecule has 1 unspecified atom stereocenters. The topological polar surface area (TPSA) is 12.5 Å². The van der Waals surface area contributed by atoms with Gasteiger partial charge in [0.1, 0.15) is 0 Å². The van der Waals surface area contributed by atoms with Crippen molar-refractivity contribution in [3.05, 3.63) is 0 Å². The fraction of sp³-hybridized carbons (Fsp3) is 1.00. The van der Waals surface area contributed by atoms with Crippen molar-refractivity contribution in [2.45, 2.75) is 32.0 Å². The van der Waals surface area contributed by atoms with E-state index >= 15 is 0 Å². The van der Waals surface area contributed by atoms with Gasteiger partial charge in [0, 0.05) is 0 Å². The van der Waals surface area contributed by atoms with Gasteiger partial charge in [-0.05, 0) is 25.4 Å². The van der Waals surface area contributed by atoms with E-state index in [0.717, 1.165) is 0 Å². The average Bonchev–Trinajstić information content (AvgIpc) is 2.34. The zero-order valence-electron chi connectivity index (χ0n) is 6.76. The maximum absolute atomic E-state index is 5.53. The van der Waals surface area contributed by atoms with E-state index in [1.54, 1.807) is 0 Å². The lowest BCUT2D eigenvalue weighted by Crippen LogP contribution is -2.06. The molecule has 2 aliphatic rings. The average molecular weight is 158 g/mol. The highest BCUT2D eigenvalue weighted by Gasteiger charge is 2.58. The second-order valence-corrected chi connectivity index (χ2v) is 6.12. The highest BCUT2D eigenvalue weighted by atomic mass is 31.1. The minimum absolute atomic E-state index is 0.362. The summed E-state index contributed by atoms with van der Waals surface area (Å²) in [5.74, 6) is 0. The van der Waals surface area contributed by atoms with E-state index in [-0.39, 0.29) is 0 Å². The van der Waals surface area contributed by atoms with E-state index in [9.17, 15) is 0 Å². The van der Waals surface area contributed by atoms with E-state index in [1.165, 1.54) is 24.9 Å². The molecule has 2 fully saturated rings. The minimum Gasteiger partial charge on any atom is -0.366 e. The third kappa shape index (κ3) is 1.00. The van der Waals surface area contributed by atoms with Gasteiger partial charge < -0.3 is 4.74 Å². The van der Waals surface area contributed by atoms with E-state index in [0.29, 0.717) is 19.6 Å². The molecule has 10 heavy (non-hydrogen) atoms. The Balaban J connectivity index is 1.86. The van der Waals surface area contributed by atoms with Gasteiger partial charge in [-0.1, -0.05) is 13.3 Å². The Kier molecular flexibility index (Phi) is 1.54. The predicted octanol–water partition coefficient (Wildman–Crippen LogP) is 2.05. The van der Waals surface area contributed by atoms with Crippen LogP contribution in [-0.2, 0) is 4.74 Å². The monoisotopic (exact) mass is 158 g/mol. The van der Waals surface area contributed by atoms with Crippen LogP contribution in [-0.4, -0.2) is 30.2 Å². The molecule has 58 valence electrons. The number of fused-ring (bicyclic) bond motifs is 1. The Hall–Kier alpha value is 0.390. The molecule has 2 saturated heterocycles. The van der Waals surface area contributed by atoms with Crippen molar-refractivity contribution in [1.29, 1.82) is 0 Å². The van der Waals surface area contributed by atoms with Crippen molar-refractivity contribution in [1.82, 2.24) is 0 Å². The van der Waals surface area contributed by atoms with Gasteiger partial charge in [0.25, 0.3) is 0 Å². The Morgan fingerprint density at radius 3 is 3.00 bits per heavy atom. The van der Waals surface area contributed by atoms with Crippen LogP contribution >= 0.6 is 7.92 Å². The van der Waals surface area contributed by atoms with Crippen molar-refractivity contribution < 1.29 is 4.74 Å². The lowest BCUT2D eigenvalue weighted by molar-refractivity contribution is 0.326. The Morgan fingerprint density at radius 2 is 2.50 bits per heavy atom. The molecule has 0 spiro atoms. The number of rotatable bonds is 2. The van der Waals surface area contributed by atoms with Gasteiger partial charge in [0.05, 0.1) is 11.7 Å². The third-order valence-electron chi connectivity index (χ3n) is 2.54. The van der Waals surface area contributed by atoms with Crippen molar-refractivity contribution in [3.8, 4) is 0 Å². The zero-order valence-corrected chi connectivity index (χ0v) is 7.66. The standard InChI is InChI=1S/C8H15OP/c1-3-4-10-5-7-8(2,6-10)9-7/h7H,3-6H2,1-2H3/t7-,8-,10?/m1/s1. The van der Waals surface area contributed by atoms with Crippen LogP contribution in [0.5, 0.6) is 0 Å². The molecule has 2 aliphatic heterocycles. The summed E-state index contributed by atoms with van der Waals surface area (Å²) < 4.78 is 5.53. The normalized spacial score (nSPS) is 51.0. The second kappa shape index (κ2) is 2.19. The molecule has 2 heteroatoms. The first-order chi connectivity index (χ1) is 4.74. The van der Waals surface area contributed by atoms with Crippen LogP contribution < -0.4 is 0 Å².